The van der Waals surface area contributed by atoms with Gasteiger partial charge in [-0.3, -0.25) is 0 Å². The van der Waals surface area contributed by atoms with Crippen LogP contribution in [0.5, 0.6) is 0 Å². The number of hydrogen-bond acceptors (Lipinski definition) is 6. The Labute approximate surface area is 114 Å². The molecule has 0 aliphatic heterocycles. The lowest BCUT2D eigenvalue weighted by atomic mass is 10.3. The molecule has 0 N–H and O–H groups in total. The summed E-state index contributed by atoms with van der Waals surface area (Å²) >= 11 is 6.36. The summed E-state index contributed by atoms with van der Waals surface area (Å²) < 4.78 is 33.9. The first-order valence-corrected chi connectivity index (χ1v) is 11.2. The molecule has 4 nitrogen and oxygen atoms in total. The van der Waals surface area contributed by atoms with Gasteiger partial charge in [0.15, 0.2) is 9.84 Å². The highest BCUT2D eigenvalue weighted by Gasteiger charge is 2.32. The van der Waals surface area contributed by atoms with Crippen molar-refractivity contribution < 1.29 is 17.5 Å². The Morgan fingerprint density at radius 2 is 1.59 bits per heavy atom. The SMILES string of the molecule is CCOP(=S)(OCC)SCS(=O)(=O)C(C)(C)C. The van der Waals surface area contributed by atoms with Crippen LogP contribution in [0.1, 0.15) is 34.6 Å². The molecule has 0 saturated heterocycles. The average molecular weight is 320 g/mol. The molecule has 0 atom stereocenters. The number of sulfone groups is 1. The van der Waals surface area contributed by atoms with Gasteiger partial charge < -0.3 is 9.05 Å². The lowest BCUT2D eigenvalue weighted by molar-refractivity contribution is 0.280. The molecule has 0 aliphatic rings. The molecule has 0 aromatic carbocycles. The van der Waals surface area contributed by atoms with Gasteiger partial charge in [-0.25, -0.2) is 8.42 Å². The molecule has 0 bridgehead atoms. The Morgan fingerprint density at radius 1 is 1.18 bits per heavy atom. The summed E-state index contributed by atoms with van der Waals surface area (Å²) in [5.41, 5.74) is -2.51. The Bertz CT molecular complexity index is 362. The molecular formula is C9H21O4PS3. The normalized spacial score (nSPS) is 13.9. The fourth-order valence-electron chi connectivity index (χ4n) is 0.739. The van der Waals surface area contributed by atoms with Crippen LogP contribution in [0.25, 0.3) is 0 Å². The molecule has 0 fully saturated rings. The molecule has 0 saturated carbocycles. The van der Waals surface area contributed by atoms with E-state index < -0.39 is 20.3 Å². The molecule has 0 radical (unpaired) electrons. The third kappa shape index (κ3) is 6.03. The van der Waals surface area contributed by atoms with Crippen molar-refractivity contribution in [1.82, 2.24) is 0 Å². The second-order valence-electron chi connectivity index (χ2n) is 4.26. The molecule has 104 valence electrons. The summed E-state index contributed by atoms with van der Waals surface area (Å²) in [5.74, 6) is 0. The van der Waals surface area contributed by atoms with E-state index in [1.54, 1.807) is 20.8 Å². The summed E-state index contributed by atoms with van der Waals surface area (Å²) in [6, 6.07) is 0. The Balaban J connectivity index is 4.68. The van der Waals surface area contributed by atoms with Crippen LogP contribution in [-0.2, 0) is 30.7 Å². The molecule has 0 rings (SSSR count). The maximum absolute atomic E-state index is 11.9. The van der Waals surface area contributed by atoms with E-state index in [-0.39, 0.29) is 5.08 Å². The Kier molecular flexibility index (Phi) is 7.22. The minimum Gasteiger partial charge on any atom is -0.322 e. The van der Waals surface area contributed by atoms with Crippen molar-refractivity contribution in [2.24, 2.45) is 0 Å². The van der Waals surface area contributed by atoms with Gasteiger partial charge >= 0.3 is 0 Å². The Hall–Kier alpha value is 0.870. The first-order valence-electron chi connectivity index (χ1n) is 5.34. The van der Waals surface area contributed by atoms with Gasteiger partial charge in [0.25, 0.3) is 0 Å². The fourth-order valence-corrected chi connectivity index (χ4v) is 9.37. The molecule has 17 heavy (non-hydrogen) atoms. The van der Waals surface area contributed by atoms with Crippen LogP contribution < -0.4 is 0 Å². The van der Waals surface area contributed by atoms with Crippen LogP contribution in [0.4, 0.5) is 0 Å². The second-order valence-corrected chi connectivity index (χ2v) is 13.7. The van der Waals surface area contributed by atoms with Gasteiger partial charge in [-0.1, -0.05) is 11.4 Å². The van der Waals surface area contributed by atoms with Crippen molar-refractivity contribution in [2.75, 3.05) is 18.3 Å². The summed E-state index contributed by atoms with van der Waals surface area (Å²) in [5, 5.41) is -0.0617. The number of rotatable bonds is 7. The van der Waals surface area contributed by atoms with E-state index in [2.05, 4.69) is 0 Å². The largest absolute Gasteiger partial charge is 0.322 e. The third-order valence-corrected chi connectivity index (χ3v) is 11.0. The number of hydrogen-bond donors (Lipinski definition) is 0. The highest BCUT2D eigenvalue weighted by molar-refractivity contribution is 8.69. The van der Waals surface area contributed by atoms with Crippen molar-refractivity contribution in [2.45, 2.75) is 39.4 Å². The van der Waals surface area contributed by atoms with Crippen LogP contribution in [0, 0.1) is 0 Å². The quantitative estimate of drug-likeness (QED) is 0.672. The van der Waals surface area contributed by atoms with Crippen LogP contribution in [0.15, 0.2) is 0 Å². The highest BCUT2D eigenvalue weighted by Crippen LogP contribution is 2.61. The minimum absolute atomic E-state index is 0.0617. The van der Waals surface area contributed by atoms with Gasteiger partial charge in [0.2, 0.25) is 5.69 Å². The summed E-state index contributed by atoms with van der Waals surface area (Å²) in [7, 11) is -3.20. The van der Waals surface area contributed by atoms with Crippen molar-refractivity contribution in [3.8, 4) is 0 Å². The average Bonchev–Trinajstić information content (AvgIpc) is 2.14. The van der Waals surface area contributed by atoms with E-state index in [1.807, 2.05) is 13.8 Å². The van der Waals surface area contributed by atoms with Crippen LogP contribution >= 0.6 is 17.1 Å². The smallest absolute Gasteiger partial charge is 0.248 e. The Morgan fingerprint density at radius 3 is 1.88 bits per heavy atom. The first-order chi connectivity index (χ1) is 7.58. The van der Waals surface area contributed by atoms with Gasteiger partial charge in [0.1, 0.15) is 5.08 Å². The lowest BCUT2D eigenvalue weighted by Crippen LogP contribution is -2.29. The zero-order valence-electron chi connectivity index (χ0n) is 10.9. The summed E-state index contributed by atoms with van der Waals surface area (Å²) in [4.78, 5) is 0. The lowest BCUT2D eigenvalue weighted by Gasteiger charge is -2.23. The van der Waals surface area contributed by atoms with E-state index in [4.69, 9.17) is 20.9 Å². The van der Waals surface area contributed by atoms with E-state index in [0.717, 1.165) is 11.4 Å². The van der Waals surface area contributed by atoms with Crippen molar-refractivity contribution >= 4 is 38.7 Å². The van der Waals surface area contributed by atoms with Gasteiger partial charge in [0, 0.05) is 0 Å². The van der Waals surface area contributed by atoms with Gasteiger partial charge in [0.05, 0.1) is 18.0 Å². The minimum atomic E-state index is -3.20. The van der Waals surface area contributed by atoms with E-state index >= 15 is 0 Å². The van der Waals surface area contributed by atoms with Gasteiger partial charge in [-0.2, -0.15) is 0 Å². The van der Waals surface area contributed by atoms with Crippen LogP contribution in [-0.4, -0.2) is 31.5 Å². The maximum Gasteiger partial charge on any atom is 0.248 e. The van der Waals surface area contributed by atoms with Gasteiger partial charge in [-0.15, -0.1) is 0 Å². The summed E-state index contributed by atoms with van der Waals surface area (Å²) in [6.07, 6.45) is 0. The molecule has 0 heterocycles. The predicted molar refractivity (Wildman–Crippen MR) is 78.7 cm³/mol. The predicted octanol–water partition coefficient (Wildman–Crippen LogP) is 3.19. The van der Waals surface area contributed by atoms with Crippen molar-refractivity contribution in [3.63, 3.8) is 0 Å². The molecule has 0 unspecified atom stereocenters. The molecular weight excluding hydrogens is 299 g/mol. The van der Waals surface area contributed by atoms with E-state index in [1.165, 1.54) is 0 Å². The zero-order valence-corrected chi connectivity index (χ0v) is 14.3. The fraction of sp³-hybridized carbons (Fsp3) is 1.00. The zero-order chi connectivity index (χ0) is 13.7. The van der Waals surface area contributed by atoms with E-state index in [0.29, 0.717) is 13.2 Å². The first kappa shape index (κ1) is 17.9. The van der Waals surface area contributed by atoms with Gasteiger partial charge in [-0.05, 0) is 46.4 Å². The molecule has 8 heteroatoms. The standard InChI is InChI=1S/C9H21O4PS3/c1-6-12-14(15,13-7-2)16-8-17(10,11)9(3,4)5/h6-8H2,1-5H3. The molecule has 0 aromatic heterocycles. The highest BCUT2D eigenvalue weighted by atomic mass is 32.9. The van der Waals surface area contributed by atoms with E-state index in [9.17, 15) is 8.42 Å². The molecule has 0 aliphatic carbocycles. The van der Waals surface area contributed by atoms with Crippen LogP contribution in [0.2, 0.25) is 0 Å². The topological polar surface area (TPSA) is 52.6 Å². The monoisotopic (exact) mass is 320 g/mol. The third-order valence-electron chi connectivity index (χ3n) is 1.87. The molecule has 0 aromatic rings. The summed E-state index contributed by atoms with van der Waals surface area (Å²) in [6.45, 7) is 9.52. The van der Waals surface area contributed by atoms with Crippen molar-refractivity contribution in [3.05, 3.63) is 0 Å². The maximum atomic E-state index is 11.9. The molecule has 0 amide bonds. The second kappa shape index (κ2) is 6.87. The van der Waals surface area contributed by atoms with Crippen molar-refractivity contribution in [1.29, 1.82) is 0 Å². The van der Waals surface area contributed by atoms with Crippen LogP contribution in [0.3, 0.4) is 0 Å². The molecule has 0 spiro atoms.